The molecule has 0 aromatic rings. The molecule has 0 N–H and O–H groups in total. The van der Waals surface area contributed by atoms with Crippen LogP contribution in [-0.4, -0.2) is 13.1 Å². The zero-order valence-electron chi connectivity index (χ0n) is 8.17. The SMILES string of the molecule is COC(=O)C1CCCC1C(C)C. The molecule has 1 rings (SSSR count). The van der Waals surface area contributed by atoms with Crippen LogP contribution in [0.4, 0.5) is 0 Å². The van der Waals surface area contributed by atoms with Crippen molar-refractivity contribution in [2.24, 2.45) is 17.8 Å². The highest BCUT2D eigenvalue weighted by Crippen LogP contribution is 2.37. The van der Waals surface area contributed by atoms with Gasteiger partial charge in [0.1, 0.15) is 0 Å². The number of esters is 1. The normalized spacial score (nSPS) is 29.3. The number of hydrogen-bond acceptors (Lipinski definition) is 2. The van der Waals surface area contributed by atoms with Crippen LogP contribution in [0.25, 0.3) is 0 Å². The van der Waals surface area contributed by atoms with Gasteiger partial charge in [-0.15, -0.1) is 0 Å². The molecule has 0 radical (unpaired) electrons. The fourth-order valence-corrected chi connectivity index (χ4v) is 2.23. The Kier molecular flexibility index (Phi) is 3.12. The summed E-state index contributed by atoms with van der Waals surface area (Å²) in [6.07, 6.45) is 3.40. The van der Waals surface area contributed by atoms with Gasteiger partial charge in [0.25, 0.3) is 0 Å². The molecule has 1 fully saturated rings. The molecule has 1 aliphatic rings. The molecule has 0 heterocycles. The third kappa shape index (κ3) is 1.79. The molecular weight excluding hydrogens is 152 g/mol. The zero-order valence-corrected chi connectivity index (χ0v) is 8.17. The highest BCUT2D eigenvalue weighted by atomic mass is 16.5. The third-order valence-corrected chi connectivity index (χ3v) is 2.93. The summed E-state index contributed by atoms with van der Waals surface area (Å²) in [6.45, 7) is 4.37. The standard InChI is InChI=1S/C10H18O2/c1-7(2)8-5-4-6-9(8)10(11)12-3/h7-9H,4-6H2,1-3H3. The van der Waals surface area contributed by atoms with Crippen molar-refractivity contribution in [3.05, 3.63) is 0 Å². The van der Waals surface area contributed by atoms with Crippen LogP contribution >= 0.6 is 0 Å². The molecule has 1 aliphatic carbocycles. The van der Waals surface area contributed by atoms with E-state index in [1.807, 2.05) is 0 Å². The summed E-state index contributed by atoms with van der Waals surface area (Å²) in [6, 6.07) is 0. The minimum Gasteiger partial charge on any atom is -0.469 e. The average molecular weight is 170 g/mol. The number of rotatable bonds is 2. The Morgan fingerprint density at radius 2 is 2.08 bits per heavy atom. The molecule has 0 bridgehead atoms. The van der Waals surface area contributed by atoms with E-state index < -0.39 is 0 Å². The van der Waals surface area contributed by atoms with Gasteiger partial charge in [-0.3, -0.25) is 4.79 Å². The van der Waals surface area contributed by atoms with Gasteiger partial charge in [0.15, 0.2) is 0 Å². The van der Waals surface area contributed by atoms with E-state index >= 15 is 0 Å². The lowest BCUT2D eigenvalue weighted by atomic mass is 9.86. The highest BCUT2D eigenvalue weighted by Gasteiger charge is 2.35. The first-order valence-corrected chi connectivity index (χ1v) is 4.74. The topological polar surface area (TPSA) is 26.3 Å². The van der Waals surface area contributed by atoms with Gasteiger partial charge < -0.3 is 4.74 Å². The predicted molar refractivity (Wildman–Crippen MR) is 47.7 cm³/mol. The third-order valence-electron chi connectivity index (χ3n) is 2.93. The van der Waals surface area contributed by atoms with Gasteiger partial charge in [-0.25, -0.2) is 0 Å². The lowest BCUT2D eigenvalue weighted by molar-refractivity contribution is -0.147. The summed E-state index contributed by atoms with van der Waals surface area (Å²) in [7, 11) is 1.48. The molecule has 0 amide bonds. The van der Waals surface area contributed by atoms with Gasteiger partial charge >= 0.3 is 5.97 Å². The number of carbonyl (C=O) groups is 1. The molecule has 2 atom stereocenters. The minimum absolute atomic E-state index is 0.00815. The van der Waals surface area contributed by atoms with E-state index in [0.717, 1.165) is 6.42 Å². The maximum atomic E-state index is 11.3. The predicted octanol–water partition coefficient (Wildman–Crippen LogP) is 2.23. The molecule has 0 spiro atoms. The molecule has 70 valence electrons. The molecule has 0 aromatic carbocycles. The quantitative estimate of drug-likeness (QED) is 0.594. The van der Waals surface area contributed by atoms with E-state index in [1.54, 1.807) is 0 Å². The number of methoxy groups -OCH3 is 1. The van der Waals surface area contributed by atoms with Crippen molar-refractivity contribution in [2.75, 3.05) is 7.11 Å². The van der Waals surface area contributed by atoms with Gasteiger partial charge in [-0.1, -0.05) is 20.3 Å². The Morgan fingerprint density at radius 3 is 2.58 bits per heavy atom. The van der Waals surface area contributed by atoms with Gasteiger partial charge in [-0.2, -0.15) is 0 Å². The van der Waals surface area contributed by atoms with Gasteiger partial charge in [0.2, 0.25) is 0 Å². The maximum Gasteiger partial charge on any atom is 0.308 e. The fraction of sp³-hybridized carbons (Fsp3) is 0.900. The van der Waals surface area contributed by atoms with E-state index in [1.165, 1.54) is 20.0 Å². The van der Waals surface area contributed by atoms with Crippen molar-refractivity contribution in [3.63, 3.8) is 0 Å². The molecule has 2 heteroatoms. The van der Waals surface area contributed by atoms with Gasteiger partial charge in [-0.05, 0) is 24.7 Å². The lowest BCUT2D eigenvalue weighted by Gasteiger charge is -2.20. The van der Waals surface area contributed by atoms with Crippen LogP contribution in [0, 0.1) is 17.8 Å². The van der Waals surface area contributed by atoms with Crippen LogP contribution in [0.15, 0.2) is 0 Å². The van der Waals surface area contributed by atoms with Crippen LogP contribution in [0.2, 0.25) is 0 Å². The second kappa shape index (κ2) is 3.92. The molecule has 2 unspecified atom stereocenters. The number of carbonyl (C=O) groups excluding carboxylic acids is 1. The summed E-state index contributed by atoms with van der Waals surface area (Å²) in [5, 5.41) is 0. The van der Waals surface area contributed by atoms with Crippen molar-refractivity contribution in [1.82, 2.24) is 0 Å². The summed E-state index contributed by atoms with van der Waals surface area (Å²) < 4.78 is 4.78. The first-order chi connectivity index (χ1) is 5.66. The monoisotopic (exact) mass is 170 g/mol. The van der Waals surface area contributed by atoms with Gasteiger partial charge in [0.05, 0.1) is 13.0 Å². The van der Waals surface area contributed by atoms with E-state index in [-0.39, 0.29) is 11.9 Å². The van der Waals surface area contributed by atoms with E-state index in [9.17, 15) is 4.79 Å². The molecule has 0 aromatic heterocycles. The fourth-order valence-electron chi connectivity index (χ4n) is 2.23. The molecular formula is C10H18O2. The number of hydrogen-bond donors (Lipinski definition) is 0. The summed E-state index contributed by atoms with van der Waals surface area (Å²) in [5.74, 6) is 1.33. The molecule has 12 heavy (non-hydrogen) atoms. The van der Waals surface area contributed by atoms with Crippen molar-refractivity contribution >= 4 is 5.97 Å². The average Bonchev–Trinajstić information content (AvgIpc) is 2.50. The van der Waals surface area contributed by atoms with Crippen LogP contribution in [-0.2, 0) is 9.53 Å². The highest BCUT2D eigenvalue weighted by molar-refractivity contribution is 5.73. The Labute approximate surface area is 74.3 Å². The summed E-state index contributed by atoms with van der Waals surface area (Å²) >= 11 is 0. The summed E-state index contributed by atoms with van der Waals surface area (Å²) in [5.41, 5.74) is 0. The Hall–Kier alpha value is -0.530. The first kappa shape index (κ1) is 9.56. The Balaban J connectivity index is 2.57. The first-order valence-electron chi connectivity index (χ1n) is 4.74. The zero-order chi connectivity index (χ0) is 9.14. The summed E-state index contributed by atoms with van der Waals surface area (Å²) in [4.78, 5) is 11.3. The smallest absolute Gasteiger partial charge is 0.308 e. The van der Waals surface area contributed by atoms with E-state index in [0.29, 0.717) is 11.8 Å². The molecule has 0 aliphatic heterocycles. The largest absolute Gasteiger partial charge is 0.469 e. The van der Waals surface area contributed by atoms with Crippen molar-refractivity contribution in [3.8, 4) is 0 Å². The van der Waals surface area contributed by atoms with Crippen molar-refractivity contribution < 1.29 is 9.53 Å². The maximum absolute atomic E-state index is 11.3. The molecule has 1 saturated carbocycles. The molecule has 0 saturated heterocycles. The van der Waals surface area contributed by atoms with E-state index in [4.69, 9.17) is 4.74 Å². The second-order valence-electron chi connectivity index (χ2n) is 3.97. The minimum atomic E-state index is -0.00815. The van der Waals surface area contributed by atoms with Crippen LogP contribution < -0.4 is 0 Å². The van der Waals surface area contributed by atoms with Crippen LogP contribution in [0.3, 0.4) is 0 Å². The number of ether oxygens (including phenoxy) is 1. The molecule has 2 nitrogen and oxygen atoms in total. The van der Waals surface area contributed by atoms with Crippen LogP contribution in [0.5, 0.6) is 0 Å². The Bertz CT molecular complexity index is 163. The Morgan fingerprint density at radius 1 is 1.42 bits per heavy atom. The van der Waals surface area contributed by atoms with Crippen molar-refractivity contribution in [2.45, 2.75) is 33.1 Å². The van der Waals surface area contributed by atoms with Crippen LogP contribution in [0.1, 0.15) is 33.1 Å². The second-order valence-corrected chi connectivity index (χ2v) is 3.97. The van der Waals surface area contributed by atoms with Gasteiger partial charge in [0, 0.05) is 0 Å². The lowest BCUT2D eigenvalue weighted by Crippen LogP contribution is -2.23. The van der Waals surface area contributed by atoms with Crippen molar-refractivity contribution in [1.29, 1.82) is 0 Å². The van der Waals surface area contributed by atoms with E-state index in [2.05, 4.69) is 13.8 Å².